The van der Waals surface area contributed by atoms with Gasteiger partial charge >= 0.3 is 0 Å². The summed E-state index contributed by atoms with van der Waals surface area (Å²) in [5.74, 6) is 0.288. The fraction of sp³-hybridized carbons (Fsp3) is 0.300. The number of halogens is 1. The van der Waals surface area contributed by atoms with Crippen molar-refractivity contribution in [1.29, 1.82) is 0 Å². The van der Waals surface area contributed by atoms with Crippen LogP contribution < -0.4 is 4.74 Å². The second-order valence-corrected chi connectivity index (χ2v) is 2.26. The van der Waals surface area contributed by atoms with Gasteiger partial charge in [-0.2, -0.15) is 0 Å². The normalized spacial score (nSPS) is 8.69. The maximum Gasteiger partial charge on any atom is 0.123 e. The molecular formula is C10H13FO2. The molecule has 0 bridgehead atoms. The van der Waals surface area contributed by atoms with Crippen LogP contribution in [0.2, 0.25) is 0 Å². The molecule has 2 nitrogen and oxygen atoms in total. The summed E-state index contributed by atoms with van der Waals surface area (Å²) in [6.07, 6.45) is 1.14. The Morgan fingerprint density at radius 2 is 1.92 bits per heavy atom. The summed E-state index contributed by atoms with van der Waals surface area (Å²) in [6, 6.07) is 5.69. The second kappa shape index (κ2) is 6.17. The minimum atomic E-state index is -0.294. The second-order valence-electron chi connectivity index (χ2n) is 2.26. The van der Waals surface area contributed by atoms with Crippen LogP contribution in [-0.2, 0) is 4.79 Å². The van der Waals surface area contributed by atoms with E-state index in [4.69, 9.17) is 4.74 Å². The van der Waals surface area contributed by atoms with E-state index in [1.807, 2.05) is 0 Å². The number of carbonyl (C=O) groups is 1. The van der Waals surface area contributed by atoms with Crippen molar-refractivity contribution in [2.45, 2.75) is 13.8 Å². The molecule has 0 aliphatic carbocycles. The van der Waals surface area contributed by atoms with Gasteiger partial charge in [-0.1, -0.05) is 7.43 Å². The highest BCUT2D eigenvalue weighted by Gasteiger charge is 1.92. The Balaban J connectivity index is 0.00000144. The van der Waals surface area contributed by atoms with Crippen LogP contribution in [0.1, 0.15) is 13.8 Å². The predicted molar refractivity (Wildman–Crippen MR) is 49.3 cm³/mol. The highest BCUT2D eigenvalue weighted by atomic mass is 19.1. The number of rotatable bonds is 4. The Bertz CT molecular complexity index is 244. The minimum absolute atomic E-state index is 0. The first kappa shape index (κ1) is 11.6. The Morgan fingerprint density at radius 3 is 2.46 bits per heavy atom. The Kier molecular flexibility index (Phi) is 5.52. The SMILES string of the molecule is C.O=CCCOc1ccc(F)cc1. The number of aldehydes is 1. The molecule has 1 aromatic carbocycles. The van der Waals surface area contributed by atoms with E-state index in [1.54, 1.807) is 0 Å². The van der Waals surface area contributed by atoms with Crippen LogP contribution in [0.3, 0.4) is 0 Å². The Hall–Kier alpha value is -1.38. The van der Waals surface area contributed by atoms with Crippen LogP contribution in [0, 0.1) is 5.82 Å². The van der Waals surface area contributed by atoms with Crippen LogP contribution in [0.4, 0.5) is 4.39 Å². The molecule has 0 saturated carbocycles. The van der Waals surface area contributed by atoms with E-state index in [1.165, 1.54) is 24.3 Å². The van der Waals surface area contributed by atoms with Crippen molar-refractivity contribution >= 4 is 6.29 Å². The van der Waals surface area contributed by atoms with Gasteiger partial charge in [-0.15, -0.1) is 0 Å². The molecule has 0 aliphatic heterocycles. The lowest BCUT2D eigenvalue weighted by Crippen LogP contribution is -1.97. The maximum atomic E-state index is 12.4. The van der Waals surface area contributed by atoms with Gasteiger partial charge in [-0.05, 0) is 24.3 Å². The maximum absolute atomic E-state index is 12.4. The smallest absolute Gasteiger partial charge is 0.123 e. The monoisotopic (exact) mass is 184 g/mol. The molecular weight excluding hydrogens is 171 g/mol. The van der Waals surface area contributed by atoms with E-state index in [9.17, 15) is 9.18 Å². The molecule has 0 aromatic heterocycles. The van der Waals surface area contributed by atoms with Crippen molar-refractivity contribution in [1.82, 2.24) is 0 Å². The Labute approximate surface area is 77.3 Å². The van der Waals surface area contributed by atoms with Gasteiger partial charge in [0.25, 0.3) is 0 Å². The number of benzene rings is 1. The molecule has 13 heavy (non-hydrogen) atoms. The van der Waals surface area contributed by atoms with E-state index >= 15 is 0 Å². The van der Waals surface area contributed by atoms with Crippen molar-refractivity contribution < 1.29 is 13.9 Å². The van der Waals surface area contributed by atoms with Gasteiger partial charge in [0.2, 0.25) is 0 Å². The summed E-state index contributed by atoms with van der Waals surface area (Å²) >= 11 is 0. The first-order valence-corrected chi connectivity index (χ1v) is 3.65. The van der Waals surface area contributed by atoms with Gasteiger partial charge in [0, 0.05) is 6.42 Å². The molecule has 0 fully saturated rings. The highest BCUT2D eigenvalue weighted by Crippen LogP contribution is 2.10. The first-order chi connectivity index (χ1) is 5.83. The minimum Gasteiger partial charge on any atom is -0.493 e. The van der Waals surface area contributed by atoms with Gasteiger partial charge in [0.05, 0.1) is 6.61 Å². The summed E-state index contributed by atoms with van der Waals surface area (Å²) in [5, 5.41) is 0. The van der Waals surface area contributed by atoms with Crippen molar-refractivity contribution in [2.75, 3.05) is 6.61 Å². The van der Waals surface area contributed by atoms with Crippen LogP contribution in [0.15, 0.2) is 24.3 Å². The van der Waals surface area contributed by atoms with Gasteiger partial charge in [-0.25, -0.2) is 4.39 Å². The van der Waals surface area contributed by atoms with Crippen molar-refractivity contribution in [3.63, 3.8) is 0 Å². The van der Waals surface area contributed by atoms with Crippen LogP contribution in [0.5, 0.6) is 5.75 Å². The molecule has 1 rings (SSSR count). The molecule has 1 aromatic rings. The summed E-state index contributed by atoms with van der Waals surface area (Å²) in [4.78, 5) is 9.91. The molecule has 0 atom stereocenters. The predicted octanol–water partition coefficient (Wildman–Crippen LogP) is 2.43. The van der Waals surface area contributed by atoms with E-state index < -0.39 is 0 Å². The Morgan fingerprint density at radius 1 is 1.31 bits per heavy atom. The zero-order valence-corrected chi connectivity index (χ0v) is 6.50. The van der Waals surface area contributed by atoms with E-state index in [0.29, 0.717) is 18.8 Å². The summed E-state index contributed by atoms with van der Waals surface area (Å²) in [6.45, 7) is 0.342. The summed E-state index contributed by atoms with van der Waals surface area (Å²) in [7, 11) is 0. The van der Waals surface area contributed by atoms with E-state index in [0.717, 1.165) is 6.29 Å². The van der Waals surface area contributed by atoms with Gasteiger partial charge in [-0.3, -0.25) is 0 Å². The third-order valence-electron chi connectivity index (χ3n) is 1.32. The standard InChI is InChI=1S/C9H9FO2.CH4/c10-8-2-4-9(5-3-8)12-7-1-6-11;/h2-6H,1,7H2;1H4. The summed E-state index contributed by atoms with van der Waals surface area (Å²) < 4.78 is 17.5. The summed E-state index contributed by atoms with van der Waals surface area (Å²) in [5.41, 5.74) is 0. The average molecular weight is 184 g/mol. The quantitative estimate of drug-likeness (QED) is 0.530. The van der Waals surface area contributed by atoms with Crippen LogP contribution >= 0.6 is 0 Å². The zero-order chi connectivity index (χ0) is 8.81. The third-order valence-corrected chi connectivity index (χ3v) is 1.32. The van der Waals surface area contributed by atoms with E-state index in [-0.39, 0.29) is 13.2 Å². The molecule has 3 heteroatoms. The van der Waals surface area contributed by atoms with Crippen LogP contribution in [0.25, 0.3) is 0 Å². The molecule has 0 spiro atoms. The van der Waals surface area contributed by atoms with Crippen LogP contribution in [-0.4, -0.2) is 12.9 Å². The molecule has 0 radical (unpaired) electrons. The molecule has 0 saturated heterocycles. The lowest BCUT2D eigenvalue weighted by atomic mass is 10.3. The lowest BCUT2D eigenvalue weighted by molar-refractivity contribution is -0.108. The topological polar surface area (TPSA) is 26.3 Å². The number of carbonyl (C=O) groups excluding carboxylic acids is 1. The molecule has 0 N–H and O–H groups in total. The van der Waals surface area contributed by atoms with Gasteiger partial charge in [0.1, 0.15) is 17.9 Å². The number of hydrogen-bond donors (Lipinski definition) is 0. The van der Waals surface area contributed by atoms with E-state index in [2.05, 4.69) is 0 Å². The number of hydrogen-bond acceptors (Lipinski definition) is 2. The van der Waals surface area contributed by atoms with Gasteiger partial charge in [0.15, 0.2) is 0 Å². The molecule has 0 aliphatic rings. The first-order valence-electron chi connectivity index (χ1n) is 3.65. The molecule has 0 amide bonds. The average Bonchev–Trinajstić information content (AvgIpc) is 2.09. The van der Waals surface area contributed by atoms with Gasteiger partial charge < -0.3 is 9.53 Å². The largest absolute Gasteiger partial charge is 0.493 e. The fourth-order valence-corrected chi connectivity index (χ4v) is 0.756. The highest BCUT2D eigenvalue weighted by molar-refractivity contribution is 5.49. The van der Waals surface area contributed by atoms with Crippen molar-refractivity contribution in [2.24, 2.45) is 0 Å². The molecule has 0 unspecified atom stereocenters. The third kappa shape index (κ3) is 4.25. The molecule has 0 heterocycles. The molecule has 72 valence electrons. The zero-order valence-electron chi connectivity index (χ0n) is 6.50. The lowest BCUT2D eigenvalue weighted by Gasteiger charge is -2.02. The van der Waals surface area contributed by atoms with Crippen molar-refractivity contribution in [3.05, 3.63) is 30.1 Å². The number of ether oxygens (including phenoxy) is 1. The fourth-order valence-electron chi connectivity index (χ4n) is 0.756. The van der Waals surface area contributed by atoms with Crippen molar-refractivity contribution in [3.8, 4) is 5.75 Å².